The topological polar surface area (TPSA) is 231 Å². The summed E-state index contributed by atoms with van der Waals surface area (Å²) in [4.78, 5) is 25.8. The van der Waals surface area contributed by atoms with Crippen molar-refractivity contribution in [2.24, 2.45) is 0 Å². The third kappa shape index (κ3) is 29.1. The van der Waals surface area contributed by atoms with Crippen molar-refractivity contribution in [3.8, 4) is 0 Å². The lowest BCUT2D eigenvalue weighted by Gasteiger charge is -2.42. The van der Waals surface area contributed by atoms with E-state index in [2.05, 4.69) is 50.3 Å². The maximum atomic E-state index is 13.0. The normalized spacial score (nSPS) is 25.8. The van der Waals surface area contributed by atoms with Gasteiger partial charge in [-0.1, -0.05) is 153 Å². The number of hydrogen-bond acceptors (Lipinski definition) is 15. The van der Waals surface area contributed by atoms with Crippen LogP contribution in [0.1, 0.15) is 200 Å². The molecule has 0 radical (unpaired) electrons. The summed E-state index contributed by atoms with van der Waals surface area (Å²) in [5.41, 5.74) is 0. The van der Waals surface area contributed by atoms with Crippen LogP contribution in [0.15, 0.2) is 36.5 Å². The third-order valence-electron chi connectivity index (χ3n) is 12.8. The summed E-state index contributed by atoms with van der Waals surface area (Å²) in [6.45, 7) is 2.55. The Balaban J connectivity index is 1.77. The van der Waals surface area contributed by atoms with Crippen LogP contribution in [-0.4, -0.2) is 142 Å². The molecule has 2 aliphatic rings. The average molecular weight is 985 g/mol. The summed E-state index contributed by atoms with van der Waals surface area (Å²) in [5.74, 6) is -0.937. The van der Waals surface area contributed by atoms with Crippen LogP contribution in [0.2, 0.25) is 0 Å². The molecule has 15 nitrogen and oxygen atoms in total. The number of esters is 2. The highest BCUT2D eigenvalue weighted by Gasteiger charge is 2.47. The van der Waals surface area contributed by atoms with Crippen molar-refractivity contribution in [1.82, 2.24) is 0 Å². The van der Waals surface area contributed by atoms with E-state index in [1.54, 1.807) is 0 Å². The number of carbonyl (C=O) groups excluding carboxylic acids is 2. The number of carbonyl (C=O) groups is 2. The Morgan fingerprint density at radius 3 is 1.39 bits per heavy atom. The van der Waals surface area contributed by atoms with Crippen LogP contribution in [-0.2, 0) is 38.0 Å². The molecule has 0 aromatic heterocycles. The molecule has 69 heavy (non-hydrogen) atoms. The van der Waals surface area contributed by atoms with Gasteiger partial charge in [0.2, 0.25) is 0 Å². The van der Waals surface area contributed by atoms with Gasteiger partial charge in [-0.15, -0.1) is 0 Å². The van der Waals surface area contributed by atoms with Gasteiger partial charge in [0, 0.05) is 12.8 Å². The predicted octanol–water partition coefficient (Wildman–Crippen LogP) is 8.10. The molecule has 2 fully saturated rings. The molecule has 402 valence electrons. The van der Waals surface area contributed by atoms with Gasteiger partial charge < -0.3 is 64.2 Å². The van der Waals surface area contributed by atoms with Crippen LogP contribution in [0.5, 0.6) is 0 Å². The molecular weight excluding hydrogens is 889 g/mol. The number of ether oxygens (including phenoxy) is 6. The van der Waals surface area contributed by atoms with E-state index < -0.39 is 92.7 Å². The van der Waals surface area contributed by atoms with E-state index >= 15 is 0 Å². The largest absolute Gasteiger partial charge is 0.462 e. The fraction of sp³-hybridized carbons (Fsp3) is 0.852. The van der Waals surface area contributed by atoms with Crippen molar-refractivity contribution in [3.63, 3.8) is 0 Å². The van der Waals surface area contributed by atoms with E-state index in [1.807, 2.05) is 0 Å². The molecule has 11 atom stereocenters. The lowest BCUT2D eigenvalue weighted by Crippen LogP contribution is -2.61. The Hall–Kier alpha value is -2.28. The van der Waals surface area contributed by atoms with E-state index in [9.17, 15) is 45.3 Å². The van der Waals surface area contributed by atoms with Crippen LogP contribution >= 0.6 is 0 Å². The van der Waals surface area contributed by atoms with E-state index in [0.29, 0.717) is 12.8 Å². The number of aliphatic hydroxyl groups excluding tert-OH is 7. The fourth-order valence-corrected chi connectivity index (χ4v) is 8.36. The van der Waals surface area contributed by atoms with Gasteiger partial charge in [-0.2, -0.15) is 0 Å². The number of allylic oxidation sites excluding steroid dienone is 6. The van der Waals surface area contributed by atoms with Gasteiger partial charge in [0.15, 0.2) is 18.7 Å². The van der Waals surface area contributed by atoms with Gasteiger partial charge in [0.25, 0.3) is 0 Å². The molecule has 2 saturated heterocycles. The average Bonchev–Trinajstić information content (AvgIpc) is 3.34. The zero-order chi connectivity index (χ0) is 50.3. The van der Waals surface area contributed by atoms with E-state index in [1.165, 1.54) is 83.5 Å². The Bertz CT molecular complexity index is 1340. The molecule has 2 rings (SSSR count). The monoisotopic (exact) mass is 985 g/mol. The molecule has 0 spiro atoms. The van der Waals surface area contributed by atoms with Crippen molar-refractivity contribution >= 4 is 11.9 Å². The molecule has 0 aliphatic carbocycles. The smallest absolute Gasteiger partial charge is 0.306 e. The maximum Gasteiger partial charge on any atom is 0.306 e. The second-order valence-corrected chi connectivity index (χ2v) is 19.0. The van der Waals surface area contributed by atoms with Crippen LogP contribution in [0.4, 0.5) is 0 Å². The summed E-state index contributed by atoms with van der Waals surface area (Å²) in [7, 11) is 0. The summed E-state index contributed by atoms with van der Waals surface area (Å²) >= 11 is 0. The van der Waals surface area contributed by atoms with Gasteiger partial charge in [-0.05, 0) is 70.6 Å². The molecule has 11 unspecified atom stereocenters. The van der Waals surface area contributed by atoms with Crippen molar-refractivity contribution < 1.29 is 73.8 Å². The molecule has 0 aromatic rings. The lowest BCUT2D eigenvalue weighted by atomic mass is 9.98. The predicted molar refractivity (Wildman–Crippen MR) is 266 cm³/mol. The number of unbranched alkanes of at least 4 members (excludes halogenated alkanes) is 22. The van der Waals surface area contributed by atoms with E-state index in [4.69, 9.17) is 28.4 Å². The first kappa shape index (κ1) is 62.8. The van der Waals surface area contributed by atoms with E-state index in [-0.39, 0.29) is 26.1 Å². The molecule has 0 aromatic carbocycles. The maximum absolute atomic E-state index is 13.0. The first-order valence-corrected chi connectivity index (χ1v) is 27.1. The lowest BCUT2D eigenvalue weighted by molar-refractivity contribution is -0.332. The summed E-state index contributed by atoms with van der Waals surface area (Å²) in [5, 5.41) is 72.1. The summed E-state index contributed by atoms with van der Waals surface area (Å²) in [6.07, 6.45) is 27.4. The first-order chi connectivity index (χ1) is 33.5. The molecule has 15 heteroatoms. The Morgan fingerprint density at radius 2 is 0.870 bits per heavy atom. The SMILES string of the molecule is CCCCC/C=C\CCCCCCCC(=O)OCC(COC1OC(COC2OC(CO)C(O)C(O)C2O)C(O)C(O)C1O)OC(=O)CCCCCCCCCCC/C=C\C/C=C\CCCCCCC. The minimum atomic E-state index is -1.77. The van der Waals surface area contributed by atoms with Crippen LogP contribution < -0.4 is 0 Å². The summed E-state index contributed by atoms with van der Waals surface area (Å²) in [6, 6.07) is 0. The Morgan fingerprint density at radius 1 is 0.464 bits per heavy atom. The zero-order valence-corrected chi connectivity index (χ0v) is 42.5. The number of aliphatic hydroxyl groups is 7. The first-order valence-electron chi connectivity index (χ1n) is 27.1. The van der Waals surface area contributed by atoms with Crippen LogP contribution in [0.3, 0.4) is 0 Å². The van der Waals surface area contributed by atoms with Crippen LogP contribution in [0, 0.1) is 0 Å². The molecule has 7 N–H and O–H groups in total. The van der Waals surface area contributed by atoms with Crippen molar-refractivity contribution in [1.29, 1.82) is 0 Å². The minimum absolute atomic E-state index is 0.159. The highest BCUT2D eigenvalue weighted by Crippen LogP contribution is 2.26. The summed E-state index contributed by atoms with van der Waals surface area (Å²) < 4.78 is 33.6. The Kier molecular flexibility index (Phi) is 37.5. The van der Waals surface area contributed by atoms with Gasteiger partial charge in [-0.25, -0.2) is 0 Å². The van der Waals surface area contributed by atoms with Gasteiger partial charge >= 0.3 is 11.9 Å². The third-order valence-corrected chi connectivity index (χ3v) is 12.8. The fourth-order valence-electron chi connectivity index (χ4n) is 8.36. The van der Waals surface area contributed by atoms with Crippen molar-refractivity contribution in [3.05, 3.63) is 36.5 Å². The quantitative estimate of drug-likeness (QED) is 0.0174. The van der Waals surface area contributed by atoms with Gasteiger partial charge in [0.1, 0.15) is 55.4 Å². The molecule has 2 aliphatic heterocycles. The van der Waals surface area contributed by atoms with Crippen molar-refractivity contribution in [2.75, 3.05) is 26.4 Å². The van der Waals surface area contributed by atoms with Crippen LogP contribution in [0.25, 0.3) is 0 Å². The van der Waals surface area contributed by atoms with E-state index in [0.717, 1.165) is 77.0 Å². The molecule has 2 heterocycles. The van der Waals surface area contributed by atoms with Gasteiger partial charge in [-0.3, -0.25) is 9.59 Å². The molecular formula is C54H96O15. The highest BCUT2D eigenvalue weighted by molar-refractivity contribution is 5.70. The standard InChI is InChI=1S/C54H96O15/c1-3-5-7-9-11-13-15-17-18-19-20-21-22-23-24-25-27-29-31-33-35-37-46(57)67-42(39-64-45(56)36-34-32-30-28-26-16-14-12-10-8-6-4-2)40-65-53-52(63)50(61)48(59)44(69-53)41-66-54-51(62)49(60)47(58)43(38-55)68-54/h12,14-15,17,19-20,42-44,47-55,58-63H,3-11,13,16,18,21-41H2,1-2H3/b14-12-,17-15-,20-19-. The van der Waals surface area contributed by atoms with Crippen molar-refractivity contribution in [2.45, 2.75) is 268 Å². The molecule has 0 saturated carbocycles. The second kappa shape index (κ2) is 41.2. The Labute approximate surface area is 415 Å². The highest BCUT2D eigenvalue weighted by atomic mass is 16.7. The zero-order valence-electron chi connectivity index (χ0n) is 42.5. The number of hydrogen-bond donors (Lipinski definition) is 7. The minimum Gasteiger partial charge on any atom is -0.462 e. The molecule has 0 amide bonds. The van der Waals surface area contributed by atoms with Gasteiger partial charge in [0.05, 0.1) is 19.8 Å². The molecule has 0 bridgehead atoms. The number of rotatable bonds is 42. The second-order valence-electron chi connectivity index (χ2n) is 19.0.